The van der Waals surface area contributed by atoms with Crippen LogP contribution in [0.3, 0.4) is 0 Å². The molecule has 0 saturated heterocycles. The fraction of sp³-hybridized carbons (Fsp3) is 0.333. The van der Waals surface area contributed by atoms with E-state index in [1.54, 1.807) is 7.11 Å². The van der Waals surface area contributed by atoms with Gasteiger partial charge in [0.05, 0.1) is 13.7 Å². The Balaban J connectivity index is 2.06. The zero-order valence-electron chi connectivity index (χ0n) is 15.1. The molecular formula is C21H25NO3. The van der Waals surface area contributed by atoms with E-state index in [9.17, 15) is 0 Å². The summed E-state index contributed by atoms with van der Waals surface area (Å²) in [5, 5.41) is 1.19. The highest BCUT2D eigenvalue weighted by Crippen LogP contribution is 2.36. The van der Waals surface area contributed by atoms with Crippen LogP contribution in [0.4, 0.5) is 0 Å². The number of aromatic nitrogens is 1. The van der Waals surface area contributed by atoms with Crippen molar-refractivity contribution in [3.8, 4) is 16.9 Å². The van der Waals surface area contributed by atoms with Crippen molar-refractivity contribution in [1.82, 2.24) is 4.57 Å². The van der Waals surface area contributed by atoms with Crippen molar-refractivity contribution >= 4 is 10.9 Å². The number of methoxy groups -OCH3 is 1. The van der Waals surface area contributed by atoms with Gasteiger partial charge in [-0.25, -0.2) is 0 Å². The standard InChI is InChI=1S/C21H25NO3/c1-4-24-21(25-5-2)15-22-14-18(16-10-6-8-12-19(16)22)17-11-7-9-13-20(17)23-3/h6-14,21H,4-5,15H2,1-3H3. The fourth-order valence-corrected chi connectivity index (χ4v) is 3.17. The zero-order valence-corrected chi connectivity index (χ0v) is 15.1. The third kappa shape index (κ3) is 3.70. The van der Waals surface area contributed by atoms with Crippen molar-refractivity contribution in [1.29, 1.82) is 0 Å². The summed E-state index contributed by atoms with van der Waals surface area (Å²) in [6.07, 6.45) is 1.91. The first-order valence-electron chi connectivity index (χ1n) is 8.72. The number of rotatable bonds is 8. The van der Waals surface area contributed by atoms with Crippen LogP contribution >= 0.6 is 0 Å². The van der Waals surface area contributed by atoms with Crippen molar-refractivity contribution in [2.45, 2.75) is 26.7 Å². The first-order valence-corrected chi connectivity index (χ1v) is 8.72. The second kappa shape index (κ2) is 8.19. The lowest BCUT2D eigenvalue weighted by atomic mass is 10.0. The van der Waals surface area contributed by atoms with E-state index in [1.807, 2.05) is 32.0 Å². The molecule has 0 aliphatic carbocycles. The molecule has 132 valence electrons. The van der Waals surface area contributed by atoms with Crippen molar-refractivity contribution < 1.29 is 14.2 Å². The molecule has 0 amide bonds. The van der Waals surface area contributed by atoms with Gasteiger partial charge in [-0.3, -0.25) is 0 Å². The summed E-state index contributed by atoms with van der Waals surface area (Å²) in [6, 6.07) is 16.5. The molecule has 1 heterocycles. The van der Waals surface area contributed by atoms with E-state index in [0.717, 1.165) is 22.4 Å². The molecular weight excluding hydrogens is 314 g/mol. The topological polar surface area (TPSA) is 32.6 Å². The highest BCUT2D eigenvalue weighted by molar-refractivity contribution is 5.97. The van der Waals surface area contributed by atoms with Gasteiger partial charge in [-0.15, -0.1) is 0 Å². The number of hydrogen-bond acceptors (Lipinski definition) is 3. The van der Waals surface area contributed by atoms with Gasteiger partial charge in [-0.05, 0) is 26.0 Å². The van der Waals surface area contributed by atoms with Crippen LogP contribution in [0.15, 0.2) is 54.7 Å². The molecule has 0 saturated carbocycles. The molecule has 0 fully saturated rings. The predicted molar refractivity (Wildman–Crippen MR) is 101 cm³/mol. The molecule has 2 aromatic carbocycles. The largest absolute Gasteiger partial charge is 0.496 e. The maximum absolute atomic E-state index is 5.73. The maximum atomic E-state index is 5.73. The van der Waals surface area contributed by atoms with Crippen LogP contribution in [0.1, 0.15) is 13.8 Å². The van der Waals surface area contributed by atoms with Crippen LogP contribution in [0.25, 0.3) is 22.0 Å². The lowest BCUT2D eigenvalue weighted by Gasteiger charge is -2.18. The molecule has 0 aliphatic heterocycles. The first-order chi connectivity index (χ1) is 12.3. The van der Waals surface area contributed by atoms with Gasteiger partial charge in [-0.2, -0.15) is 0 Å². The van der Waals surface area contributed by atoms with E-state index in [-0.39, 0.29) is 6.29 Å². The third-order valence-corrected chi connectivity index (χ3v) is 4.24. The Morgan fingerprint density at radius 3 is 2.28 bits per heavy atom. The van der Waals surface area contributed by atoms with E-state index in [4.69, 9.17) is 14.2 Å². The summed E-state index contributed by atoms with van der Waals surface area (Å²) < 4.78 is 19.2. The van der Waals surface area contributed by atoms with E-state index in [1.165, 1.54) is 5.39 Å². The Morgan fingerprint density at radius 2 is 1.56 bits per heavy atom. The molecule has 4 nitrogen and oxygen atoms in total. The molecule has 1 aromatic heterocycles. The van der Waals surface area contributed by atoms with Crippen LogP contribution in [0.2, 0.25) is 0 Å². The highest BCUT2D eigenvalue weighted by atomic mass is 16.7. The Labute approximate surface area is 148 Å². The van der Waals surface area contributed by atoms with Crippen LogP contribution in [-0.2, 0) is 16.0 Å². The normalized spacial score (nSPS) is 11.4. The summed E-state index contributed by atoms with van der Waals surface area (Å²) in [5.74, 6) is 0.872. The van der Waals surface area contributed by atoms with E-state index in [2.05, 4.69) is 41.1 Å². The predicted octanol–water partition coefficient (Wildman–Crippen LogP) is 4.72. The summed E-state index contributed by atoms with van der Waals surface area (Å²) in [5.41, 5.74) is 3.40. The van der Waals surface area contributed by atoms with Gasteiger partial charge in [-0.1, -0.05) is 36.4 Å². The molecule has 0 spiro atoms. The van der Waals surface area contributed by atoms with Crippen LogP contribution in [-0.4, -0.2) is 31.2 Å². The Bertz CT molecular complexity index is 819. The molecule has 0 radical (unpaired) electrons. The summed E-state index contributed by atoms with van der Waals surface area (Å²) in [4.78, 5) is 0. The minimum absolute atomic E-state index is 0.253. The summed E-state index contributed by atoms with van der Waals surface area (Å²) in [7, 11) is 1.71. The van der Waals surface area contributed by atoms with Crippen LogP contribution in [0, 0.1) is 0 Å². The van der Waals surface area contributed by atoms with Crippen molar-refractivity contribution in [3.05, 3.63) is 54.7 Å². The first kappa shape index (κ1) is 17.5. The van der Waals surface area contributed by atoms with Crippen molar-refractivity contribution in [2.24, 2.45) is 0 Å². The Morgan fingerprint density at radius 1 is 0.880 bits per heavy atom. The van der Waals surface area contributed by atoms with Gasteiger partial charge >= 0.3 is 0 Å². The SMILES string of the molecule is CCOC(Cn1cc(-c2ccccc2OC)c2ccccc21)OCC. The minimum Gasteiger partial charge on any atom is -0.496 e. The molecule has 0 aliphatic rings. The van der Waals surface area contributed by atoms with Crippen LogP contribution < -0.4 is 4.74 Å². The quantitative estimate of drug-likeness (QED) is 0.557. The lowest BCUT2D eigenvalue weighted by molar-refractivity contribution is -0.143. The maximum Gasteiger partial charge on any atom is 0.175 e. The van der Waals surface area contributed by atoms with Gasteiger partial charge < -0.3 is 18.8 Å². The van der Waals surface area contributed by atoms with Crippen molar-refractivity contribution in [2.75, 3.05) is 20.3 Å². The molecule has 3 rings (SSSR count). The van der Waals surface area contributed by atoms with Gasteiger partial charge in [0.15, 0.2) is 6.29 Å². The molecule has 4 heteroatoms. The Kier molecular flexibility index (Phi) is 5.74. The minimum atomic E-state index is -0.253. The van der Waals surface area contributed by atoms with E-state index < -0.39 is 0 Å². The third-order valence-electron chi connectivity index (χ3n) is 4.24. The molecule has 0 unspecified atom stereocenters. The summed E-state index contributed by atoms with van der Waals surface area (Å²) >= 11 is 0. The average Bonchev–Trinajstić information content (AvgIpc) is 3.01. The molecule has 0 bridgehead atoms. The summed E-state index contributed by atoms with van der Waals surface area (Å²) in [6.45, 7) is 5.88. The van der Waals surface area contributed by atoms with Crippen LogP contribution in [0.5, 0.6) is 5.75 Å². The number of para-hydroxylation sites is 2. The van der Waals surface area contributed by atoms with Crippen molar-refractivity contribution in [3.63, 3.8) is 0 Å². The molecule has 0 N–H and O–H groups in total. The highest BCUT2D eigenvalue weighted by Gasteiger charge is 2.16. The Hall–Kier alpha value is -2.30. The second-order valence-electron chi connectivity index (χ2n) is 5.75. The average molecular weight is 339 g/mol. The number of nitrogens with zero attached hydrogens (tertiary/aromatic N) is 1. The van der Waals surface area contributed by atoms with E-state index >= 15 is 0 Å². The molecule has 25 heavy (non-hydrogen) atoms. The monoisotopic (exact) mass is 339 g/mol. The molecule has 0 atom stereocenters. The smallest absolute Gasteiger partial charge is 0.175 e. The second-order valence-corrected chi connectivity index (χ2v) is 5.75. The van der Waals surface area contributed by atoms with Gasteiger partial charge in [0.2, 0.25) is 0 Å². The number of fused-ring (bicyclic) bond motifs is 1. The number of ether oxygens (including phenoxy) is 3. The molecule has 3 aromatic rings. The van der Waals surface area contributed by atoms with Gasteiger partial charge in [0.1, 0.15) is 5.75 Å². The fourth-order valence-electron chi connectivity index (χ4n) is 3.17. The number of hydrogen-bond donors (Lipinski definition) is 0. The van der Waals surface area contributed by atoms with Gasteiger partial charge in [0, 0.05) is 41.4 Å². The zero-order chi connectivity index (χ0) is 17.6. The number of benzene rings is 2. The van der Waals surface area contributed by atoms with E-state index in [0.29, 0.717) is 19.8 Å². The lowest BCUT2D eigenvalue weighted by Crippen LogP contribution is -2.23. The van der Waals surface area contributed by atoms with Gasteiger partial charge in [0.25, 0.3) is 0 Å².